The summed E-state index contributed by atoms with van der Waals surface area (Å²) < 4.78 is 0. The van der Waals surface area contributed by atoms with Gasteiger partial charge in [0, 0.05) is 37.8 Å². The first-order valence-corrected chi connectivity index (χ1v) is 10.7. The molecule has 1 saturated heterocycles. The highest BCUT2D eigenvalue weighted by Gasteiger charge is 2.40. The number of piperidine rings is 1. The summed E-state index contributed by atoms with van der Waals surface area (Å²) in [6, 6.07) is 4.08. The summed E-state index contributed by atoms with van der Waals surface area (Å²) >= 11 is 0. The average molecular weight is 476 g/mol. The first-order chi connectivity index (χ1) is 14.7. The Morgan fingerprint density at radius 2 is 1.91 bits per heavy atom. The zero-order chi connectivity index (χ0) is 20.1. The molecule has 0 unspecified atom stereocenters. The van der Waals surface area contributed by atoms with Crippen LogP contribution in [-0.4, -0.2) is 57.2 Å². The molecule has 0 radical (unpaired) electrons. The Balaban J connectivity index is 0.00000122. The quantitative estimate of drug-likeness (QED) is 0.585. The van der Waals surface area contributed by atoms with Crippen molar-refractivity contribution >= 4 is 59.1 Å². The molecule has 3 aromatic rings. The fraction of sp³-hybridized carbons (Fsp3) is 0.476. The van der Waals surface area contributed by atoms with Crippen LogP contribution in [0.25, 0.3) is 11.2 Å². The van der Waals surface area contributed by atoms with Crippen LogP contribution in [0.3, 0.4) is 0 Å². The van der Waals surface area contributed by atoms with Crippen molar-refractivity contribution in [2.24, 2.45) is 16.1 Å². The van der Waals surface area contributed by atoms with Crippen LogP contribution in [0.15, 0.2) is 29.5 Å². The normalized spacial score (nSPS) is 19.3. The van der Waals surface area contributed by atoms with Crippen LogP contribution in [0.5, 0.6) is 0 Å². The van der Waals surface area contributed by atoms with Gasteiger partial charge in [0.15, 0.2) is 17.0 Å². The van der Waals surface area contributed by atoms with Gasteiger partial charge in [0.05, 0.1) is 17.6 Å². The summed E-state index contributed by atoms with van der Waals surface area (Å²) in [5, 5.41) is 7.67. The van der Waals surface area contributed by atoms with Gasteiger partial charge in [-0.25, -0.2) is 9.97 Å². The van der Waals surface area contributed by atoms with Gasteiger partial charge in [0.25, 0.3) is 0 Å². The molecule has 1 fully saturated rings. The molecule has 1 spiro atoms. The van der Waals surface area contributed by atoms with Crippen molar-refractivity contribution < 1.29 is 0 Å². The van der Waals surface area contributed by atoms with E-state index in [0.29, 0.717) is 0 Å². The van der Waals surface area contributed by atoms with Crippen LogP contribution < -0.4 is 15.5 Å². The number of H-pyrrole nitrogens is 1. The van der Waals surface area contributed by atoms with E-state index in [1.165, 1.54) is 0 Å². The molecule has 0 aromatic carbocycles. The van der Waals surface area contributed by atoms with E-state index in [1.807, 2.05) is 18.5 Å². The maximum Gasteiger partial charge on any atom is 0.183 e. The first kappa shape index (κ1) is 22.5. The fourth-order valence-corrected chi connectivity index (χ4v) is 5.09. The number of nitrogens with two attached hydrogens (primary N) is 1. The molecule has 6 heterocycles. The molecular formula is C21H27Cl2N9. The van der Waals surface area contributed by atoms with Gasteiger partial charge >= 0.3 is 0 Å². The van der Waals surface area contributed by atoms with Crippen molar-refractivity contribution in [1.82, 2.24) is 25.1 Å². The largest absolute Gasteiger partial charge is 0.387 e. The lowest BCUT2D eigenvalue weighted by molar-refractivity contribution is 0.319. The van der Waals surface area contributed by atoms with Gasteiger partial charge in [0.2, 0.25) is 0 Å². The number of aromatic amines is 1. The maximum atomic E-state index is 6.19. The standard InChI is InChI=1S/C21H25N9.2ClH/c22-20-21(5-9-24-20)6-11-29(12-7-21)16-13-25-17-18(26-16)27-28-19(17)30-10-2-3-14-15(30)4-1-8-23-14;;/h1,4,8,13H,2-3,5-7,9-12H2,(H2,22,24)(H,26,27,28);2*1H. The zero-order valence-corrected chi connectivity index (χ0v) is 19.3. The van der Waals surface area contributed by atoms with Crippen molar-refractivity contribution in [1.29, 1.82) is 0 Å². The lowest BCUT2D eigenvalue weighted by atomic mass is 9.76. The molecule has 11 heteroatoms. The maximum absolute atomic E-state index is 6.19. The van der Waals surface area contributed by atoms with Crippen LogP contribution in [0.1, 0.15) is 31.4 Å². The number of anilines is 3. The molecule has 9 nitrogen and oxygen atoms in total. The van der Waals surface area contributed by atoms with Crippen molar-refractivity contribution in [2.75, 3.05) is 36.0 Å². The minimum absolute atomic E-state index is 0. The molecule has 0 amide bonds. The number of nitrogens with one attached hydrogen (secondary N) is 1. The number of halogens is 2. The number of aryl methyl sites for hydroxylation is 1. The van der Waals surface area contributed by atoms with E-state index in [0.717, 1.165) is 98.3 Å². The minimum Gasteiger partial charge on any atom is -0.387 e. The second-order valence-electron chi connectivity index (χ2n) is 8.48. The van der Waals surface area contributed by atoms with Gasteiger partial charge in [-0.1, -0.05) is 0 Å². The molecule has 32 heavy (non-hydrogen) atoms. The summed E-state index contributed by atoms with van der Waals surface area (Å²) in [7, 11) is 0. The topological polar surface area (TPSA) is 112 Å². The first-order valence-electron chi connectivity index (χ1n) is 10.7. The van der Waals surface area contributed by atoms with Crippen LogP contribution in [-0.2, 0) is 6.42 Å². The summed E-state index contributed by atoms with van der Waals surface area (Å²) in [5.41, 5.74) is 10.0. The Morgan fingerprint density at radius 1 is 1.06 bits per heavy atom. The monoisotopic (exact) mass is 475 g/mol. The van der Waals surface area contributed by atoms with Gasteiger partial charge in [-0.15, -0.1) is 24.8 Å². The SMILES string of the molecule is Cl.Cl.NC1=NCCC12CCN(c1cnc3c(N4CCCc5ncccc54)n[nH]c3n1)CC2. The number of rotatable bonds is 2. The third-order valence-corrected chi connectivity index (χ3v) is 6.91. The summed E-state index contributed by atoms with van der Waals surface area (Å²) in [4.78, 5) is 23.1. The number of pyridine rings is 1. The minimum atomic E-state index is 0. The fourth-order valence-electron chi connectivity index (χ4n) is 5.09. The Labute approximate surface area is 198 Å². The van der Waals surface area contributed by atoms with E-state index in [9.17, 15) is 0 Å². The third-order valence-electron chi connectivity index (χ3n) is 6.91. The smallest absolute Gasteiger partial charge is 0.183 e. The lowest BCUT2D eigenvalue weighted by Crippen LogP contribution is -2.45. The van der Waals surface area contributed by atoms with E-state index in [2.05, 4.69) is 36.0 Å². The van der Waals surface area contributed by atoms with Crippen molar-refractivity contribution in [3.05, 3.63) is 30.2 Å². The second kappa shape index (κ2) is 8.71. The molecule has 3 aromatic heterocycles. The predicted molar refractivity (Wildman–Crippen MR) is 131 cm³/mol. The predicted octanol–water partition coefficient (Wildman–Crippen LogP) is 3.02. The van der Waals surface area contributed by atoms with Gasteiger partial charge in [-0.05, 0) is 44.2 Å². The molecular weight excluding hydrogens is 449 g/mol. The number of hydrogen-bond donors (Lipinski definition) is 2. The van der Waals surface area contributed by atoms with Crippen LogP contribution in [0.2, 0.25) is 0 Å². The Bertz CT molecular complexity index is 1140. The van der Waals surface area contributed by atoms with E-state index >= 15 is 0 Å². The molecule has 0 bridgehead atoms. The van der Waals surface area contributed by atoms with Gasteiger partial charge < -0.3 is 15.5 Å². The van der Waals surface area contributed by atoms with Gasteiger partial charge in [0.1, 0.15) is 11.7 Å². The van der Waals surface area contributed by atoms with Crippen LogP contribution in [0.4, 0.5) is 17.3 Å². The molecule has 3 aliphatic heterocycles. The number of hydrogen-bond acceptors (Lipinski definition) is 8. The molecule has 3 aliphatic rings. The molecule has 3 N–H and O–H groups in total. The molecule has 0 saturated carbocycles. The van der Waals surface area contributed by atoms with Crippen molar-refractivity contribution in [3.63, 3.8) is 0 Å². The molecule has 6 rings (SSSR count). The van der Waals surface area contributed by atoms with Gasteiger partial charge in [-0.3, -0.25) is 15.1 Å². The van der Waals surface area contributed by atoms with Crippen molar-refractivity contribution in [3.8, 4) is 0 Å². The molecule has 0 aliphatic carbocycles. The summed E-state index contributed by atoms with van der Waals surface area (Å²) in [5.74, 6) is 2.56. The Kier molecular flexibility index (Phi) is 6.13. The number of aromatic nitrogens is 5. The van der Waals surface area contributed by atoms with Gasteiger partial charge in [-0.2, -0.15) is 5.10 Å². The molecule has 0 atom stereocenters. The molecule has 170 valence electrons. The highest BCUT2D eigenvalue weighted by molar-refractivity contribution is 5.89. The van der Waals surface area contributed by atoms with E-state index < -0.39 is 0 Å². The lowest BCUT2D eigenvalue weighted by Gasteiger charge is -2.39. The Morgan fingerprint density at radius 3 is 2.69 bits per heavy atom. The van der Waals surface area contributed by atoms with E-state index in [1.54, 1.807) is 0 Å². The number of fused-ring (bicyclic) bond motifs is 2. The number of amidine groups is 1. The zero-order valence-electron chi connectivity index (χ0n) is 17.7. The highest BCUT2D eigenvalue weighted by Crippen LogP contribution is 2.40. The van der Waals surface area contributed by atoms with Crippen molar-refractivity contribution in [2.45, 2.75) is 32.1 Å². The summed E-state index contributed by atoms with van der Waals surface area (Å²) in [6.07, 6.45) is 8.89. The number of nitrogens with zero attached hydrogens (tertiary/aromatic N) is 7. The highest BCUT2D eigenvalue weighted by atomic mass is 35.5. The number of aliphatic imine (C=N–C) groups is 1. The van der Waals surface area contributed by atoms with E-state index in [-0.39, 0.29) is 30.2 Å². The van der Waals surface area contributed by atoms with E-state index in [4.69, 9.17) is 15.7 Å². The third kappa shape index (κ3) is 3.53. The van der Waals surface area contributed by atoms with Crippen LogP contribution in [0, 0.1) is 5.41 Å². The van der Waals surface area contributed by atoms with Crippen LogP contribution >= 0.6 is 24.8 Å². The second-order valence-corrected chi connectivity index (χ2v) is 8.48. The summed E-state index contributed by atoms with van der Waals surface area (Å²) in [6.45, 7) is 3.61. The Hall–Kier alpha value is -2.65. The average Bonchev–Trinajstić information content (AvgIpc) is 3.37.